The Labute approximate surface area is 133 Å². The van der Waals surface area contributed by atoms with Gasteiger partial charge in [-0.1, -0.05) is 6.92 Å². The van der Waals surface area contributed by atoms with Crippen LogP contribution in [0.5, 0.6) is 0 Å². The van der Waals surface area contributed by atoms with Crippen molar-refractivity contribution in [2.75, 3.05) is 39.3 Å². The molecule has 2 aliphatic rings. The van der Waals surface area contributed by atoms with Gasteiger partial charge in [-0.3, -0.25) is 4.79 Å². The minimum atomic E-state index is 0.0523. The number of piperidine rings is 1. The standard InChI is InChI=1S/C16H30N4O2/c1-3-17-13(2)12-18-15(21)14-6-10-20(11-7-14)16(22)19-8-4-5-9-19/h13-14,17H,3-12H2,1-2H3,(H,18,21)/t13-/m1/s1. The van der Waals surface area contributed by atoms with Crippen molar-refractivity contribution in [2.45, 2.75) is 45.6 Å². The minimum Gasteiger partial charge on any atom is -0.354 e. The second-order valence-corrected chi connectivity index (χ2v) is 6.44. The number of likely N-dealkylation sites (tertiary alicyclic amines) is 2. The summed E-state index contributed by atoms with van der Waals surface area (Å²) >= 11 is 0. The van der Waals surface area contributed by atoms with Crippen molar-refractivity contribution in [1.29, 1.82) is 0 Å². The predicted octanol–water partition coefficient (Wildman–Crippen LogP) is 1.03. The van der Waals surface area contributed by atoms with Crippen LogP contribution in [-0.2, 0) is 4.79 Å². The van der Waals surface area contributed by atoms with Crippen molar-refractivity contribution in [2.24, 2.45) is 5.92 Å². The minimum absolute atomic E-state index is 0.0523. The Morgan fingerprint density at radius 1 is 1.09 bits per heavy atom. The molecular weight excluding hydrogens is 280 g/mol. The van der Waals surface area contributed by atoms with Crippen LogP contribution in [0.3, 0.4) is 0 Å². The van der Waals surface area contributed by atoms with Crippen molar-refractivity contribution in [3.8, 4) is 0 Å². The zero-order valence-electron chi connectivity index (χ0n) is 13.9. The Balaban J connectivity index is 1.69. The summed E-state index contributed by atoms with van der Waals surface area (Å²) in [6, 6.07) is 0.461. The Hall–Kier alpha value is -1.30. The first-order valence-electron chi connectivity index (χ1n) is 8.66. The van der Waals surface area contributed by atoms with Gasteiger partial charge in [0.1, 0.15) is 0 Å². The van der Waals surface area contributed by atoms with Crippen LogP contribution in [0.25, 0.3) is 0 Å². The van der Waals surface area contributed by atoms with E-state index in [1.54, 1.807) is 0 Å². The molecule has 6 heteroatoms. The lowest BCUT2D eigenvalue weighted by Gasteiger charge is -2.34. The highest BCUT2D eigenvalue weighted by Gasteiger charge is 2.30. The summed E-state index contributed by atoms with van der Waals surface area (Å²) in [5.41, 5.74) is 0. The molecule has 2 fully saturated rings. The van der Waals surface area contributed by atoms with E-state index in [9.17, 15) is 9.59 Å². The van der Waals surface area contributed by atoms with Crippen LogP contribution < -0.4 is 10.6 Å². The molecule has 0 aliphatic carbocycles. The first-order valence-corrected chi connectivity index (χ1v) is 8.66. The third kappa shape index (κ3) is 4.60. The van der Waals surface area contributed by atoms with Crippen LogP contribution in [0.1, 0.15) is 39.5 Å². The van der Waals surface area contributed by atoms with Crippen molar-refractivity contribution in [1.82, 2.24) is 20.4 Å². The maximum Gasteiger partial charge on any atom is 0.319 e. The summed E-state index contributed by atoms with van der Waals surface area (Å²) in [6.45, 7) is 8.90. The van der Waals surface area contributed by atoms with Crippen molar-refractivity contribution >= 4 is 11.9 Å². The lowest BCUT2D eigenvalue weighted by atomic mass is 9.96. The number of amides is 3. The molecular formula is C16H30N4O2. The Bertz CT molecular complexity index is 374. The molecule has 0 aromatic carbocycles. The first kappa shape index (κ1) is 17.1. The summed E-state index contributed by atoms with van der Waals surface area (Å²) < 4.78 is 0. The fourth-order valence-corrected chi connectivity index (χ4v) is 3.26. The van der Waals surface area contributed by atoms with Crippen LogP contribution in [0.2, 0.25) is 0 Å². The zero-order chi connectivity index (χ0) is 15.9. The Morgan fingerprint density at radius 3 is 2.27 bits per heavy atom. The van der Waals surface area contributed by atoms with E-state index in [-0.39, 0.29) is 17.9 Å². The molecule has 0 spiro atoms. The fraction of sp³-hybridized carbons (Fsp3) is 0.875. The number of carbonyl (C=O) groups is 2. The summed E-state index contributed by atoms with van der Waals surface area (Å²) in [5.74, 6) is 0.189. The third-order valence-electron chi connectivity index (χ3n) is 4.65. The summed E-state index contributed by atoms with van der Waals surface area (Å²) in [6.07, 6.45) is 3.80. The van der Waals surface area contributed by atoms with Crippen LogP contribution in [0, 0.1) is 5.92 Å². The van der Waals surface area contributed by atoms with Crippen molar-refractivity contribution < 1.29 is 9.59 Å². The van der Waals surface area contributed by atoms with Gasteiger partial charge in [-0.05, 0) is 39.2 Å². The molecule has 22 heavy (non-hydrogen) atoms. The van der Waals surface area contributed by atoms with E-state index < -0.39 is 0 Å². The number of likely N-dealkylation sites (N-methyl/N-ethyl adjacent to an activating group) is 1. The van der Waals surface area contributed by atoms with E-state index in [4.69, 9.17) is 0 Å². The molecule has 1 atom stereocenters. The fourth-order valence-electron chi connectivity index (χ4n) is 3.26. The quantitative estimate of drug-likeness (QED) is 0.797. The maximum absolute atomic E-state index is 12.3. The van der Waals surface area contributed by atoms with Gasteiger partial charge < -0.3 is 20.4 Å². The normalized spacial score (nSPS) is 21.0. The lowest BCUT2D eigenvalue weighted by Crippen LogP contribution is -2.48. The van der Waals surface area contributed by atoms with Gasteiger partial charge in [0, 0.05) is 44.7 Å². The molecule has 0 unspecified atom stereocenters. The molecule has 0 saturated carbocycles. The summed E-state index contributed by atoms with van der Waals surface area (Å²) in [4.78, 5) is 28.3. The number of hydrogen-bond acceptors (Lipinski definition) is 3. The number of hydrogen-bond donors (Lipinski definition) is 2. The average molecular weight is 310 g/mol. The second-order valence-electron chi connectivity index (χ2n) is 6.44. The summed E-state index contributed by atoms with van der Waals surface area (Å²) in [7, 11) is 0. The summed E-state index contributed by atoms with van der Waals surface area (Å²) in [5, 5.41) is 6.30. The molecule has 126 valence electrons. The van der Waals surface area contributed by atoms with E-state index in [2.05, 4.69) is 24.5 Å². The Morgan fingerprint density at radius 2 is 1.68 bits per heavy atom. The van der Waals surface area contributed by atoms with Crippen molar-refractivity contribution in [3.63, 3.8) is 0 Å². The number of urea groups is 1. The molecule has 2 N–H and O–H groups in total. The van der Waals surface area contributed by atoms with E-state index in [1.165, 1.54) is 0 Å². The van der Waals surface area contributed by atoms with E-state index in [0.717, 1.165) is 45.3 Å². The van der Waals surface area contributed by atoms with E-state index in [1.807, 2.05) is 9.80 Å². The molecule has 2 saturated heterocycles. The third-order valence-corrected chi connectivity index (χ3v) is 4.65. The molecule has 0 aromatic rings. The molecule has 3 amide bonds. The smallest absolute Gasteiger partial charge is 0.319 e. The highest BCUT2D eigenvalue weighted by molar-refractivity contribution is 5.79. The van der Waals surface area contributed by atoms with Crippen LogP contribution in [-0.4, -0.2) is 67.0 Å². The highest BCUT2D eigenvalue weighted by Crippen LogP contribution is 2.20. The Kier molecular flexibility index (Phi) is 6.49. The lowest BCUT2D eigenvalue weighted by molar-refractivity contribution is -0.126. The SMILES string of the molecule is CCN[C@H](C)CNC(=O)C1CCN(C(=O)N2CCCC2)CC1. The molecule has 2 heterocycles. The predicted molar refractivity (Wildman–Crippen MR) is 86.6 cm³/mol. The van der Waals surface area contributed by atoms with Crippen LogP contribution in [0.15, 0.2) is 0 Å². The number of nitrogens with zero attached hydrogens (tertiary/aromatic N) is 2. The van der Waals surface area contributed by atoms with Gasteiger partial charge in [0.05, 0.1) is 0 Å². The van der Waals surface area contributed by atoms with Gasteiger partial charge >= 0.3 is 6.03 Å². The molecule has 0 radical (unpaired) electrons. The molecule has 0 aromatic heterocycles. The van der Waals surface area contributed by atoms with Gasteiger partial charge in [-0.25, -0.2) is 4.79 Å². The molecule has 6 nitrogen and oxygen atoms in total. The molecule has 2 rings (SSSR count). The first-order chi connectivity index (χ1) is 10.6. The molecule has 0 bridgehead atoms. The van der Waals surface area contributed by atoms with Gasteiger partial charge in [-0.15, -0.1) is 0 Å². The van der Waals surface area contributed by atoms with Crippen LogP contribution in [0.4, 0.5) is 4.79 Å². The van der Waals surface area contributed by atoms with Crippen LogP contribution >= 0.6 is 0 Å². The maximum atomic E-state index is 12.3. The van der Waals surface area contributed by atoms with E-state index >= 15 is 0 Å². The van der Waals surface area contributed by atoms with Gasteiger partial charge in [-0.2, -0.15) is 0 Å². The average Bonchev–Trinajstić information content (AvgIpc) is 3.07. The largest absolute Gasteiger partial charge is 0.354 e. The number of nitrogens with one attached hydrogen (secondary N) is 2. The van der Waals surface area contributed by atoms with Gasteiger partial charge in [0.2, 0.25) is 5.91 Å². The van der Waals surface area contributed by atoms with Gasteiger partial charge in [0.25, 0.3) is 0 Å². The second kappa shape index (κ2) is 8.36. The van der Waals surface area contributed by atoms with Crippen molar-refractivity contribution in [3.05, 3.63) is 0 Å². The topological polar surface area (TPSA) is 64.7 Å². The number of rotatable bonds is 5. The zero-order valence-corrected chi connectivity index (χ0v) is 13.9. The highest BCUT2D eigenvalue weighted by atomic mass is 16.2. The number of carbonyl (C=O) groups excluding carboxylic acids is 2. The van der Waals surface area contributed by atoms with E-state index in [0.29, 0.717) is 25.7 Å². The van der Waals surface area contributed by atoms with Gasteiger partial charge in [0.15, 0.2) is 0 Å². The molecule has 2 aliphatic heterocycles. The monoisotopic (exact) mass is 310 g/mol.